The molecule has 156 valence electrons. The van der Waals surface area contributed by atoms with Gasteiger partial charge in [0, 0.05) is 12.6 Å². The summed E-state index contributed by atoms with van der Waals surface area (Å²) in [5, 5.41) is 0. The summed E-state index contributed by atoms with van der Waals surface area (Å²) in [4.78, 5) is 0. The first-order valence-electron chi connectivity index (χ1n) is 12.0. The van der Waals surface area contributed by atoms with Gasteiger partial charge in [-0.25, -0.2) is 0 Å². The summed E-state index contributed by atoms with van der Waals surface area (Å²) in [5.41, 5.74) is 6.97. The quantitative estimate of drug-likeness (QED) is 0.650. The number of hydrogen-bond acceptors (Lipinski definition) is 2. The summed E-state index contributed by atoms with van der Waals surface area (Å²) in [7, 11) is 1.92. The number of fused-ring (bicyclic) bond motifs is 5. The number of ether oxygens (including phenoxy) is 1. The van der Waals surface area contributed by atoms with Crippen molar-refractivity contribution < 1.29 is 4.74 Å². The third-order valence-corrected chi connectivity index (χ3v) is 9.90. The molecule has 2 nitrogen and oxygen atoms in total. The van der Waals surface area contributed by atoms with Crippen molar-refractivity contribution in [3.05, 3.63) is 0 Å². The molecule has 27 heavy (non-hydrogen) atoms. The Bertz CT molecular complexity index is 525. The van der Waals surface area contributed by atoms with Gasteiger partial charge in [0.1, 0.15) is 0 Å². The molecule has 0 aliphatic heterocycles. The van der Waals surface area contributed by atoms with E-state index in [1.807, 2.05) is 7.11 Å². The SMILES string of the molecule is CO[C@@H]1CC[C@]2(C)C3CC[C@@H]4[C@@H]([C@H](C)CC(C)(C)N)CC[C@H]4C3CC[C@H]2C1. The highest BCUT2D eigenvalue weighted by atomic mass is 16.5. The molecule has 4 rings (SSSR count). The van der Waals surface area contributed by atoms with Crippen molar-refractivity contribution >= 4 is 0 Å². The fourth-order valence-electron chi connectivity index (χ4n) is 8.82. The third-order valence-electron chi connectivity index (χ3n) is 9.90. The minimum atomic E-state index is -0.0137. The molecule has 4 aliphatic rings. The minimum absolute atomic E-state index is 0.0137. The smallest absolute Gasteiger partial charge is 0.0574 e. The zero-order valence-electron chi connectivity index (χ0n) is 18.7. The summed E-state index contributed by atoms with van der Waals surface area (Å²) in [6.45, 7) is 9.60. The molecule has 2 heteroatoms. The fraction of sp³-hybridized carbons (Fsp3) is 1.00. The topological polar surface area (TPSA) is 35.2 Å². The van der Waals surface area contributed by atoms with Crippen molar-refractivity contribution in [1.82, 2.24) is 0 Å². The van der Waals surface area contributed by atoms with Crippen molar-refractivity contribution in [2.45, 2.75) is 104 Å². The van der Waals surface area contributed by atoms with Crippen LogP contribution in [0.1, 0.15) is 91.9 Å². The van der Waals surface area contributed by atoms with Crippen LogP contribution < -0.4 is 5.73 Å². The molecule has 0 saturated heterocycles. The van der Waals surface area contributed by atoms with Crippen molar-refractivity contribution in [2.24, 2.45) is 52.6 Å². The lowest BCUT2D eigenvalue weighted by Gasteiger charge is -2.59. The van der Waals surface area contributed by atoms with Gasteiger partial charge in [-0.15, -0.1) is 0 Å². The van der Waals surface area contributed by atoms with Crippen molar-refractivity contribution in [1.29, 1.82) is 0 Å². The first kappa shape index (κ1) is 20.2. The van der Waals surface area contributed by atoms with Crippen LogP contribution in [-0.4, -0.2) is 18.8 Å². The Morgan fingerprint density at radius 3 is 2.41 bits per heavy atom. The molecule has 2 N–H and O–H groups in total. The third kappa shape index (κ3) is 3.63. The number of rotatable bonds is 4. The van der Waals surface area contributed by atoms with Crippen LogP contribution in [-0.2, 0) is 4.74 Å². The van der Waals surface area contributed by atoms with Crippen LogP contribution in [0, 0.1) is 46.8 Å². The van der Waals surface area contributed by atoms with Crippen LogP contribution in [0.3, 0.4) is 0 Å². The minimum Gasteiger partial charge on any atom is -0.381 e. The molecule has 9 atom stereocenters. The van der Waals surface area contributed by atoms with E-state index in [4.69, 9.17) is 10.5 Å². The average Bonchev–Trinajstić information content (AvgIpc) is 3.04. The maximum atomic E-state index is 6.38. The van der Waals surface area contributed by atoms with Gasteiger partial charge in [-0.1, -0.05) is 13.8 Å². The van der Waals surface area contributed by atoms with Gasteiger partial charge >= 0.3 is 0 Å². The van der Waals surface area contributed by atoms with Crippen LogP contribution in [0.5, 0.6) is 0 Å². The lowest BCUT2D eigenvalue weighted by Crippen LogP contribution is -2.52. The molecule has 0 amide bonds. The van der Waals surface area contributed by atoms with E-state index in [0.717, 1.165) is 41.4 Å². The molecule has 4 fully saturated rings. The predicted molar refractivity (Wildman–Crippen MR) is 113 cm³/mol. The summed E-state index contributed by atoms with van der Waals surface area (Å²) in [5.74, 6) is 6.69. The lowest BCUT2D eigenvalue weighted by molar-refractivity contribution is -0.115. The van der Waals surface area contributed by atoms with Gasteiger partial charge in [0.05, 0.1) is 6.10 Å². The molecule has 0 spiro atoms. The highest BCUT2D eigenvalue weighted by Crippen LogP contribution is 2.64. The molecule has 4 saturated carbocycles. The highest BCUT2D eigenvalue weighted by molar-refractivity contribution is 5.06. The molecular formula is C25H45NO. The van der Waals surface area contributed by atoms with Gasteiger partial charge in [0.15, 0.2) is 0 Å². The van der Waals surface area contributed by atoms with E-state index >= 15 is 0 Å². The maximum absolute atomic E-state index is 6.38. The Kier molecular flexibility index (Phi) is 5.47. The van der Waals surface area contributed by atoms with Crippen molar-refractivity contribution in [2.75, 3.05) is 7.11 Å². The van der Waals surface area contributed by atoms with Gasteiger partial charge in [0.2, 0.25) is 0 Å². The van der Waals surface area contributed by atoms with Crippen molar-refractivity contribution in [3.63, 3.8) is 0 Å². The van der Waals surface area contributed by atoms with E-state index in [1.54, 1.807) is 0 Å². The fourth-order valence-corrected chi connectivity index (χ4v) is 8.82. The molecule has 4 aliphatic carbocycles. The van der Waals surface area contributed by atoms with E-state index in [0.29, 0.717) is 11.5 Å². The second-order valence-electron chi connectivity index (χ2n) is 12.0. The van der Waals surface area contributed by atoms with E-state index in [-0.39, 0.29) is 5.54 Å². The second kappa shape index (κ2) is 7.31. The predicted octanol–water partition coefficient (Wildman–Crippen LogP) is 6.03. The summed E-state index contributed by atoms with van der Waals surface area (Å²) in [6, 6.07) is 0. The zero-order valence-corrected chi connectivity index (χ0v) is 18.7. The number of hydrogen-bond donors (Lipinski definition) is 1. The molecule has 0 aromatic rings. The van der Waals surface area contributed by atoms with Gasteiger partial charge in [-0.2, -0.15) is 0 Å². The average molecular weight is 376 g/mol. The Hall–Kier alpha value is -0.0800. The maximum Gasteiger partial charge on any atom is 0.0574 e. The summed E-state index contributed by atoms with van der Waals surface area (Å²) in [6.07, 6.45) is 14.7. The lowest BCUT2D eigenvalue weighted by atomic mass is 9.46. The molecule has 0 aromatic carbocycles. The number of methoxy groups -OCH3 is 1. The molecular weight excluding hydrogens is 330 g/mol. The molecule has 0 bridgehead atoms. The van der Waals surface area contributed by atoms with E-state index in [9.17, 15) is 0 Å². The van der Waals surface area contributed by atoms with E-state index in [1.165, 1.54) is 64.2 Å². The van der Waals surface area contributed by atoms with Crippen LogP contribution >= 0.6 is 0 Å². The van der Waals surface area contributed by atoms with Crippen molar-refractivity contribution in [3.8, 4) is 0 Å². The first-order chi connectivity index (χ1) is 12.7. The molecule has 2 unspecified atom stereocenters. The normalized spacial score (nSPS) is 48.4. The molecule has 0 heterocycles. The Morgan fingerprint density at radius 1 is 1.00 bits per heavy atom. The zero-order chi connectivity index (χ0) is 19.4. The highest BCUT2D eigenvalue weighted by Gasteiger charge is 2.56. The molecule has 0 radical (unpaired) electrons. The van der Waals surface area contributed by atoms with Gasteiger partial charge in [-0.3, -0.25) is 0 Å². The van der Waals surface area contributed by atoms with Gasteiger partial charge in [-0.05, 0) is 125 Å². The summed E-state index contributed by atoms with van der Waals surface area (Å²) >= 11 is 0. The van der Waals surface area contributed by atoms with Crippen LogP contribution in [0.25, 0.3) is 0 Å². The van der Waals surface area contributed by atoms with E-state index in [2.05, 4.69) is 27.7 Å². The molecule has 0 aromatic heterocycles. The first-order valence-corrected chi connectivity index (χ1v) is 12.0. The van der Waals surface area contributed by atoms with Gasteiger partial charge < -0.3 is 10.5 Å². The van der Waals surface area contributed by atoms with Crippen LogP contribution in [0.2, 0.25) is 0 Å². The number of nitrogens with two attached hydrogens (primary N) is 1. The van der Waals surface area contributed by atoms with Crippen LogP contribution in [0.4, 0.5) is 0 Å². The summed E-state index contributed by atoms with van der Waals surface area (Å²) < 4.78 is 5.76. The monoisotopic (exact) mass is 375 g/mol. The van der Waals surface area contributed by atoms with Crippen LogP contribution in [0.15, 0.2) is 0 Å². The largest absolute Gasteiger partial charge is 0.381 e. The Morgan fingerprint density at radius 2 is 1.70 bits per heavy atom. The van der Waals surface area contributed by atoms with E-state index < -0.39 is 0 Å². The second-order valence-corrected chi connectivity index (χ2v) is 12.0. The Balaban J connectivity index is 1.47. The standard InChI is InChI=1S/C25H45NO/c1-16(15-24(2,3)26)19-8-9-21-20(19)10-11-23-22(21)7-6-17-14-18(27-5)12-13-25(17,23)4/h16-23H,6-15,26H2,1-5H3/t16-,17+,18-,19-,20-,21-,22?,23?,25+/m1/s1. The van der Waals surface area contributed by atoms with Gasteiger partial charge in [0.25, 0.3) is 0 Å². The Labute approximate surface area is 168 Å².